The molecule has 0 aliphatic carbocycles. The van der Waals surface area contributed by atoms with Gasteiger partial charge < -0.3 is 14.2 Å². The third-order valence-electron chi connectivity index (χ3n) is 13.6. The van der Waals surface area contributed by atoms with Crippen LogP contribution >= 0.6 is 0 Å². The first kappa shape index (κ1) is 74.5. The van der Waals surface area contributed by atoms with Crippen molar-refractivity contribution in [3.63, 3.8) is 0 Å². The molecular formula is C73H120O6. The van der Waals surface area contributed by atoms with Crippen LogP contribution in [0.3, 0.4) is 0 Å². The SMILES string of the molecule is CC/C=C\C/C=C\C/C=C\C/C=C\C/C=C\C/C=C\C/C=C\C/C=C\C/C=C\C/C=C\CCCCCCC(=O)OCC(COC(=O)CCCCCCC)OC(=O)CCCCCCCCCCC/C=C\CCCCCCCCCC. The van der Waals surface area contributed by atoms with Crippen LogP contribution in [-0.2, 0) is 28.6 Å². The van der Waals surface area contributed by atoms with Gasteiger partial charge in [0.2, 0.25) is 0 Å². The number of unbranched alkanes of at least 4 members (excludes halogenated alkanes) is 25. The van der Waals surface area contributed by atoms with E-state index in [-0.39, 0.29) is 31.1 Å². The van der Waals surface area contributed by atoms with Crippen molar-refractivity contribution in [1.82, 2.24) is 0 Å². The van der Waals surface area contributed by atoms with Crippen molar-refractivity contribution < 1.29 is 28.6 Å². The van der Waals surface area contributed by atoms with Crippen molar-refractivity contribution >= 4 is 17.9 Å². The molecule has 0 aromatic carbocycles. The number of ether oxygens (including phenoxy) is 3. The largest absolute Gasteiger partial charge is 0.462 e. The zero-order chi connectivity index (χ0) is 57.1. The molecule has 0 N–H and O–H groups in total. The van der Waals surface area contributed by atoms with E-state index in [1.165, 1.54) is 109 Å². The van der Waals surface area contributed by atoms with Crippen LogP contribution in [0, 0.1) is 0 Å². The van der Waals surface area contributed by atoms with Crippen LogP contribution in [0.4, 0.5) is 0 Å². The third-order valence-corrected chi connectivity index (χ3v) is 13.6. The number of allylic oxidation sites excluding steroid dienone is 22. The highest BCUT2D eigenvalue weighted by molar-refractivity contribution is 5.71. The summed E-state index contributed by atoms with van der Waals surface area (Å²) in [6.07, 6.45) is 93.7. The van der Waals surface area contributed by atoms with Gasteiger partial charge in [-0.05, 0) is 122 Å². The smallest absolute Gasteiger partial charge is 0.306 e. The first-order chi connectivity index (χ1) is 39.0. The van der Waals surface area contributed by atoms with E-state index in [0.29, 0.717) is 19.3 Å². The number of hydrogen-bond acceptors (Lipinski definition) is 6. The third kappa shape index (κ3) is 64.3. The molecule has 0 aliphatic heterocycles. The maximum atomic E-state index is 12.8. The molecule has 0 heterocycles. The standard InChI is InChI=1S/C73H120O6/c1-4-7-10-13-15-17-19-21-23-25-27-29-30-31-32-33-34-35-36-37-38-39-40-41-42-44-45-47-49-51-53-55-57-60-63-66-72(75)78-69-70(68-77-71(74)65-62-59-12-9-6-3)79-73(76)67-64-61-58-56-54-52-50-48-46-43-28-26-24-22-20-18-16-14-11-8-5-2/h7,10,15,17,21,23,26-29,31-32,34-35,37-38,40-41,44-45,49,51,70H,4-6,8-9,11-14,16,18-20,22,24-25,30,33,36,39,42-43,46-48,50,52-69H2,1-3H3/b10-7-,17-15-,23-21-,28-26-,29-27-,32-31-,35-34-,38-37-,41-40-,45-44-,51-49-. The van der Waals surface area contributed by atoms with E-state index < -0.39 is 6.10 Å². The maximum Gasteiger partial charge on any atom is 0.306 e. The summed E-state index contributed by atoms with van der Waals surface area (Å²) in [5.41, 5.74) is 0. The summed E-state index contributed by atoms with van der Waals surface area (Å²) in [5.74, 6) is -0.930. The zero-order valence-corrected chi connectivity index (χ0v) is 51.3. The van der Waals surface area contributed by atoms with Gasteiger partial charge in [0.15, 0.2) is 6.10 Å². The normalized spacial score (nSPS) is 13.0. The van der Waals surface area contributed by atoms with Gasteiger partial charge >= 0.3 is 17.9 Å². The maximum absolute atomic E-state index is 12.8. The summed E-state index contributed by atoms with van der Waals surface area (Å²) in [5, 5.41) is 0. The quantitative estimate of drug-likeness (QED) is 0.0261. The van der Waals surface area contributed by atoms with E-state index in [2.05, 4.69) is 154 Å². The van der Waals surface area contributed by atoms with Crippen molar-refractivity contribution in [2.75, 3.05) is 13.2 Å². The lowest BCUT2D eigenvalue weighted by molar-refractivity contribution is -0.167. The Morgan fingerprint density at radius 3 is 0.785 bits per heavy atom. The molecule has 1 atom stereocenters. The van der Waals surface area contributed by atoms with Gasteiger partial charge in [0, 0.05) is 19.3 Å². The molecule has 0 aliphatic rings. The Hall–Kier alpha value is -4.45. The molecule has 0 aromatic heterocycles. The fourth-order valence-electron chi connectivity index (χ4n) is 8.76. The van der Waals surface area contributed by atoms with Crippen LogP contribution in [0.5, 0.6) is 0 Å². The number of rotatable bonds is 58. The van der Waals surface area contributed by atoms with Crippen molar-refractivity contribution in [1.29, 1.82) is 0 Å². The van der Waals surface area contributed by atoms with E-state index in [9.17, 15) is 14.4 Å². The van der Waals surface area contributed by atoms with Crippen LogP contribution < -0.4 is 0 Å². The van der Waals surface area contributed by atoms with E-state index in [1.54, 1.807) is 0 Å². The Kier molecular flexibility index (Phi) is 62.3. The van der Waals surface area contributed by atoms with E-state index in [0.717, 1.165) is 141 Å². The lowest BCUT2D eigenvalue weighted by atomic mass is 10.1. The van der Waals surface area contributed by atoms with Crippen LogP contribution in [0.25, 0.3) is 0 Å². The van der Waals surface area contributed by atoms with Crippen LogP contribution in [0.15, 0.2) is 134 Å². The van der Waals surface area contributed by atoms with Crippen LogP contribution in [0.1, 0.15) is 290 Å². The van der Waals surface area contributed by atoms with Crippen molar-refractivity contribution in [3.05, 3.63) is 134 Å². The predicted octanol–water partition coefficient (Wildman–Crippen LogP) is 22.5. The molecule has 0 rings (SSSR count). The highest BCUT2D eigenvalue weighted by Gasteiger charge is 2.19. The second kappa shape index (κ2) is 66.1. The molecule has 0 saturated heterocycles. The fraction of sp³-hybridized carbons (Fsp3) is 0.658. The topological polar surface area (TPSA) is 78.9 Å². The second-order valence-corrected chi connectivity index (χ2v) is 21.3. The molecular weight excluding hydrogens is 973 g/mol. The average molecular weight is 1090 g/mol. The molecule has 1 unspecified atom stereocenters. The molecule has 6 nitrogen and oxygen atoms in total. The van der Waals surface area contributed by atoms with Gasteiger partial charge in [0.05, 0.1) is 0 Å². The summed E-state index contributed by atoms with van der Waals surface area (Å²) in [4.78, 5) is 37.9. The lowest BCUT2D eigenvalue weighted by Crippen LogP contribution is -2.30. The Morgan fingerprint density at radius 2 is 0.494 bits per heavy atom. The summed E-state index contributed by atoms with van der Waals surface area (Å²) >= 11 is 0. The summed E-state index contributed by atoms with van der Waals surface area (Å²) in [6, 6.07) is 0. The highest BCUT2D eigenvalue weighted by atomic mass is 16.6. The molecule has 79 heavy (non-hydrogen) atoms. The summed E-state index contributed by atoms with van der Waals surface area (Å²) in [6.45, 7) is 6.43. The number of hydrogen-bond donors (Lipinski definition) is 0. The van der Waals surface area contributed by atoms with Gasteiger partial charge in [0.25, 0.3) is 0 Å². The van der Waals surface area contributed by atoms with Crippen LogP contribution in [0.2, 0.25) is 0 Å². The summed E-state index contributed by atoms with van der Waals surface area (Å²) in [7, 11) is 0. The minimum Gasteiger partial charge on any atom is -0.462 e. The molecule has 0 amide bonds. The van der Waals surface area contributed by atoms with Crippen molar-refractivity contribution in [2.45, 2.75) is 297 Å². The van der Waals surface area contributed by atoms with Gasteiger partial charge in [-0.25, -0.2) is 0 Å². The lowest BCUT2D eigenvalue weighted by Gasteiger charge is -2.18. The second-order valence-electron chi connectivity index (χ2n) is 21.3. The van der Waals surface area contributed by atoms with E-state index in [1.807, 2.05) is 0 Å². The minimum absolute atomic E-state index is 0.0894. The van der Waals surface area contributed by atoms with Gasteiger partial charge in [-0.1, -0.05) is 283 Å². The van der Waals surface area contributed by atoms with Crippen LogP contribution in [-0.4, -0.2) is 37.2 Å². The Morgan fingerprint density at radius 1 is 0.266 bits per heavy atom. The van der Waals surface area contributed by atoms with Crippen molar-refractivity contribution in [2.24, 2.45) is 0 Å². The summed E-state index contributed by atoms with van der Waals surface area (Å²) < 4.78 is 16.7. The fourth-order valence-corrected chi connectivity index (χ4v) is 8.76. The first-order valence-electron chi connectivity index (χ1n) is 32.7. The molecule has 6 heteroatoms. The highest BCUT2D eigenvalue weighted by Crippen LogP contribution is 2.15. The Balaban J connectivity index is 4.13. The molecule has 448 valence electrons. The zero-order valence-electron chi connectivity index (χ0n) is 51.3. The number of esters is 3. The Bertz CT molecular complexity index is 1680. The average Bonchev–Trinajstić information content (AvgIpc) is 3.45. The molecule has 0 fully saturated rings. The minimum atomic E-state index is -0.790. The first-order valence-corrected chi connectivity index (χ1v) is 32.7. The monoisotopic (exact) mass is 1090 g/mol. The van der Waals surface area contributed by atoms with Gasteiger partial charge in [0.1, 0.15) is 13.2 Å². The Labute approximate surface area is 487 Å². The molecule has 0 radical (unpaired) electrons. The van der Waals surface area contributed by atoms with Gasteiger partial charge in [-0.2, -0.15) is 0 Å². The number of carbonyl (C=O) groups excluding carboxylic acids is 3. The number of carbonyl (C=O) groups is 3. The van der Waals surface area contributed by atoms with Gasteiger partial charge in [-0.15, -0.1) is 0 Å². The molecule has 0 aromatic rings. The molecule has 0 saturated carbocycles. The molecule has 0 bridgehead atoms. The van der Waals surface area contributed by atoms with E-state index in [4.69, 9.17) is 14.2 Å². The predicted molar refractivity (Wildman–Crippen MR) is 343 cm³/mol. The van der Waals surface area contributed by atoms with Gasteiger partial charge in [-0.3, -0.25) is 14.4 Å². The van der Waals surface area contributed by atoms with Crippen molar-refractivity contribution in [3.8, 4) is 0 Å². The van der Waals surface area contributed by atoms with E-state index >= 15 is 0 Å². The molecule has 0 spiro atoms.